The molecule has 144 valence electrons. The number of carbonyl (C=O) groups is 1. The Morgan fingerprint density at radius 3 is 2.22 bits per heavy atom. The van der Waals surface area contributed by atoms with Gasteiger partial charge in [-0.2, -0.15) is 13.2 Å². The van der Waals surface area contributed by atoms with Crippen LogP contribution < -0.4 is 0 Å². The first kappa shape index (κ1) is 19.4. The molecule has 3 rings (SSSR count). The van der Waals surface area contributed by atoms with Gasteiger partial charge in [0, 0.05) is 38.3 Å². The molecule has 1 fully saturated rings. The van der Waals surface area contributed by atoms with Gasteiger partial charge in [0.2, 0.25) is 0 Å². The summed E-state index contributed by atoms with van der Waals surface area (Å²) in [7, 11) is 0. The Hall–Kier alpha value is -2.41. The van der Waals surface area contributed by atoms with Crippen LogP contribution in [0.5, 0.6) is 0 Å². The molecular formula is C20H20F4N2O. The first-order valence-corrected chi connectivity index (χ1v) is 8.68. The lowest BCUT2D eigenvalue weighted by Gasteiger charge is -2.35. The fraction of sp³-hybridized carbons (Fsp3) is 0.350. The summed E-state index contributed by atoms with van der Waals surface area (Å²) in [5.74, 6) is -0.633. The van der Waals surface area contributed by atoms with E-state index in [0.717, 1.165) is 23.3 Å². The van der Waals surface area contributed by atoms with E-state index in [1.54, 1.807) is 17.9 Å². The highest BCUT2D eigenvalue weighted by Gasteiger charge is 2.30. The smallest absolute Gasteiger partial charge is 0.336 e. The topological polar surface area (TPSA) is 23.6 Å². The van der Waals surface area contributed by atoms with Crippen LogP contribution in [0, 0.1) is 12.7 Å². The molecule has 1 aliphatic rings. The average molecular weight is 380 g/mol. The number of benzene rings is 2. The van der Waals surface area contributed by atoms with Crippen LogP contribution in [0.25, 0.3) is 0 Å². The van der Waals surface area contributed by atoms with Gasteiger partial charge in [-0.15, -0.1) is 0 Å². The summed E-state index contributed by atoms with van der Waals surface area (Å²) < 4.78 is 51.3. The molecule has 0 atom stereocenters. The normalized spacial score (nSPS) is 15.8. The summed E-state index contributed by atoms with van der Waals surface area (Å²) in [6, 6.07) is 9.31. The van der Waals surface area contributed by atoms with Crippen molar-refractivity contribution in [3.05, 3.63) is 70.5 Å². The van der Waals surface area contributed by atoms with E-state index in [4.69, 9.17) is 0 Å². The third-order valence-electron chi connectivity index (χ3n) is 4.78. The molecule has 0 aromatic heterocycles. The highest BCUT2D eigenvalue weighted by molar-refractivity contribution is 5.95. The molecular weight excluding hydrogens is 360 g/mol. The maximum absolute atomic E-state index is 13.4. The Kier molecular flexibility index (Phi) is 5.51. The van der Waals surface area contributed by atoms with Gasteiger partial charge in [-0.1, -0.05) is 18.2 Å². The molecule has 2 aromatic rings. The van der Waals surface area contributed by atoms with Crippen LogP contribution in [0.1, 0.15) is 27.0 Å². The molecule has 0 N–H and O–H groups in total. The molecule has 0 aliphatic carbocycles. The molecule has 27 heavy (non-hydrogen) atoms. The highest BCUT2D eigenvalue weighted by Crippen LogP contribution is 2.29. The summed E-state index contributed by atoms with van der Waals surface area (Å²) in [4.78, 5) is 16.4. The van der Waals surface area contributed by atoms with Crippen LogP contribution >= 0.6 is 0 Å². The monoisotopic (exact) mass is 380 g/mol. The van der Waals surface area contributed by atoms with E-state index in [1.165, 1.54) is 24.3 Å². The standard InChI is InChI=1S/C20H20F4N2O/c1-14-2-7-17(21)12-18(14)19(27)26-10-8-25(9-11-26)13-15-3-5-16(6-4-15)20(22,23)24/h2-7,12H,8-11,13H2,1H3. The molecule has 1 amide bonds. The Morgan fingerprint density at radius 2 is 1.63 bits per heavy atom. The van der Waals surface area contributed by atoms with Gasteiger partial charge in [-0.25, -0.2) is 4.39 Å². The maximum Gasteiger partial charge on any atom is 0.416 e. The number of piperazine rings is 1. The molecule has 0 radical (unpaired) electrons. The lowest BCUT2D eigenvalue weighted by Crippen LogP contribution is -2.48. The number of rotatable bonds is 3. The van der Waals surface area contributed by atoms with Crippen molar-refractivity contribution < 1.29 is 22.4 Å². The van der Waals surface area contributed by atoms with Gasteiger partial charge in [-0.05, 0) is 42.3 Å². The average Bonchev–Trinajstić information content (AvgIpc) is 2.63. The van der Waals surface area contributed by atoms with Crippen LogP contribution in [0.4, 0.5) is 17.6 Å². The molecule has 2 aromatic carbocycles. The lowest BCUT2D eigenvalue weighted by molar-refractivity contribution is -0.137. The van der Waals surface area contributed by atoms with Gasteiger partial charge in [0.25, 0.3) is 5.91 Å². The Balaban J connectivity index is 1.57. The molecule has 1 heterocycles. The minimum absolute atomic E-state index is 0.193. The molecule has 0 bridgehead atoms. The SMILES string of the molecule is Cc1ccc(F)cc1C(=O)N1CCN(Cc2ccc(C(F)(F)F)cc2)CC1. The van der Waals surface area contributed by atoms with Crippen molar-refractivity contribution in [2.45, 2.75) is 19.6 Å². The largest absolute Gasteiger partial charge is 0.416 e. The molecule has 1 aliphatic heterocycles. The van der Waals surface area contributed by atoms with E-state index in [0.29, 0.717) is 38.3 Å². The van der Waals surface area contributed by atoms with E-state index >= 15 is 0 Å². The Morgan fingerprint density at radius 1 is 1.00 bits per heavy atom. The lowest BCUT2D eigenvalue weighted by atomic mass is 10.1. The molecule has 0 saturated carbocycles. The van der Waals surface area contributed by atoms with Crippen LogP contribution in [-0.4, -0.2) is 41.9 Å². The second-order valence-electron chi connectivity index (χ2n) is 6.72. The highest BCUT2D eigenvalue weighted by atomic mass is 19.4. The van der Waals surface area contributed by atoms with E-state index < -0.39 is 17.6 Å². The van der Waals surface area contributed by atoms with E-state index in [2.05, 4.69) is 4.90 Å². The molecule has 1 saturated heterocycles. The first-order valence-electron chi connectivity index (χ1n) is 8.68. The zero-order valence-electron chi connectivity index (χ0n) is 14.9. The summed E-state index contributed by atoms with van der Waals surface area (Å²) >= 11 is 0. The summed E-state index contributed by atoms with van der Waals surface area (Å²) in [6.45, 7) is 4.51. The summed E-state index contributed by atoms with van der Waals surface area (Å²) in [6.07, 6.45) is -4.33. The number of aryl methyl sites for hydroxylation is 1. The van der Waals surface area contributed by atoms with Gasteiger partial charge in [0.1, 0.15) is 5.82 Å². The quantitative estimate of drug-likeness (QED) is 0.749. The molecule has 3 nitrogen and oxygen atoms in total. The van der Waals surface area contributed by atoms with Crippen molar-refractivity contribution >= 4 is 5.91 Å². The number of carbonyl (C=O) groups excluding carboxylic acids is 1. The van der Waals surface area contributed by atoms with Crippen LogP contribution in [0.15, 0.2) is 42.5 Å². The first-order chi connectivity index (χ1) is 12.7. The van der Waals surface area contributed by atoms with Crippen molar-refractivity contribution in [2.24, 2.45) is 0 Å². The van der Waals surface area contributed by atoms with Crippen LogP contribution in [-0.2, 0) is 12.7 Å². The number of hydrogen-bond donors (Lipinski definition) is 0. The third kappa shape index (κ3) is 4.66. The molecule has 7 heteroatoms. The zero-order valence-corrected chi connectivity index (χ0v) is 14.9. The fourth-order valence-electron chi connectivity index (χ4n) is 3.16. The van der Waals surface area contributed by atoms with Crippen molar-refractivity contribution in [1.29, 1.82) is 0 Å². The van der Waals surface area contributed by atoms with Crippen molar-refractivity contribution in [3.8, 4) is 0 Å². The number of nitrogens with zero attached hydrogens (tertiary/aromatic N) is 2. The second kappa shape index (κ2) is 7.68. The minimum atomic E-state index is -4.33. The van der Waals surface area contributed by atoms with Gasteiger partial charge in [-0.3, -0.25) is 9.69 Å². The van der Waals surface area contributed by atoms with E-state index in [9.17, 15) is 22.4 Å². The Labute approximate surface area is 155 Å². The Bertz CT molecular complexity index is 810. The van der Waals surface area contributed by atoms with Crippen LogP contribution in [0.3, 0.4) is 0 Å². The van der Waals surface area contributed by atoms with Gasteiger partial charge in [0.15, 0.2) is 0 Å². The van der Waals surface area contributed by atoms with Gasteiger partial charge < -0.3 is 4.90 Å². The predicted octanol–water partition coefficient (Wildman–Crippen LogP) is 4.11. The molecule has 0 spiro atoms. The summed E-state index contributed by atoms with van der Waals surface area (Å²) in [5.41, 5.74) is 1.23. The number of halogens is 4. The number of amides is 1. The number of hydrogen-bond acceptors (Lipinski definition) is 2. The van der Waals surface area contributed by atoms with Gasteiger partial charge in [0.05, 0.1) is 5.56 Å². The summed E-state index contributed by atoms with van der Waals surface area (Å²) in [5, 5.41) is 0. The van der Waals surface area contributed by atoms with E-state index in [-0.39, 0.29) is 5.91 Å². The fourth-order valence-corrected chi connectivity index (χ4v) is 3.16. The van der Waals surface area contributed by atoms with Crippen molar-refractivity contribution in [2.75, 3.05) is 26.2 Å². The second-order valence-corrected chi connectivity index (χ2v) is 6.72. The van der Waals surface area contributed by atoms with Crippen molar-refractivity contribution in [1.82, 2.24) is 9.80 Å². The zero-order chi connectivity index (χ0) is 19.6. The van der Waals surface area contributed by atoms with Crippen molar-refractivity contribution in [3.63, 3.8) is 0 Å². The minimum Gasteiger partial charge on any atom is -0.336 e. The van der Waals surface area contributed by atoms with E-state index in [1.807, 2.05) is 0 Å². The number of alkyl halides is 3. The van der Waals surface area contributed by atoms with Crippen LogP contribution in [0.2, 0.25) is 0 Å². The predicted molar refractivity (Wildman–Crippen MR) is 93.8 cm³/mol. The molecule has 0 unspecified atom stereocenters. The van der Waals surface area contributed by atoms with Gasteiger partial charge >= 0.3 is 6.18 Å². The third-order valence-corrected chi connectivity index (χ3v) is 4.78. The maximum atomic E-state index is 13.4.